The fourth-order valence-electron chi connectivity index (χ4n) is 0.950. The number of aldehydes is 1. The van der Waals surface area contributed by atoms with Gasteiger partial charge in [0.1, 0.15) is 12.0 Å². The van der Waals surface area contributed by atoms with Crippen LogP contribution in [-0.2, 0) is 4.79 Å². The van der Waals surface area contributed by atoms with Crippen LogP contribution >= 0.6 is 0 Å². The van der Waals surface area contributed by atoms with Gasteiger partial charge in [-0.3, -0.25) is 0 Å². The quantitative estimate of drug-likeness (QED) is 0.670. The normalized spacial score (nSPS) is 9.77. The molecule has 1 rings (SSSR count). The Morgan fingerprint density at radius 2 is 2.08 bits per heavy atom. The van der Waals surface area contributed by atoms with E-state index in [2.05, 4.69) is 0 Å². The van der Waals surface area contributed by atoms with Crippen LogP contribution in [-0.4, -0.2) is 13.4 Å². The third-order valence-electron chi connectivity index (χ3n) is 1.55. The predicted octanol–water partition coefficient (Wildman–Crippen LogP) is 1.72. The largest absolute Gasteiger partial charge is 0.496 e. The average Bonchev–Trinajstić information content (AvgIpc) is 2.14. The van der Waals surface area contributed by atoms with Gasteiger partial charge in [-0.05, 0) is 12.1 Å². The number of ether oxygens (including phenoxy) is 1. The fraction of sp³-hybridized carbons (Fsp3) is 0.111. The number of halogens is 2. The molecular weight excluding hydrogens is 178 g/mol. The van der Waals surface area contributed by atoms with E-state index in [1.165, 1.54) is 13.2 Å². The van der Waals surface area contributed by atoms with Crippen molar-refractivity contribution in [2.75, 3.05) is 7.11 Å². The highest BCUT2D eigenvalue weighted by molar-refractivity contribution is 5.70. The lowest BCUT2D eigenvalue weighted by Crippen LogP contribution is -1.98. The maximum absolute atomic E-state index is 13.0. The van der Waals surface area contributed by atoms with Gasteiger partial charge in [0.25, 0.3) is 0 Å². The number of hydrogen-bond acceptors (Lipinski definition) is 2. The molecule has 0 bridgehead atoms. The van der Waals surface area contributed by atoms with Crippen molar-refractivity contribution in [3.63, 3.8) is 0 Å². The lowest BCUT2D eigenvalue weighted by Gasteiger charge is -2.06. The first-order chi connectivity index (χ1) is 6.20. The molecule has 0 atom stereocenters. The minimum Gasteiger partial charge on any atom is -0.496 e. The summed E-state index contributed by atoms with van der Waals surface area (Å²) in [5, 5.41) is 0. The van der Waals surface area contributed by atoms with Crippen molar-refractivity contribution in [1.82, 2.24) is 0 Å². The molecule has 4 heteroatoms. The number of carbonyl (C=O) groups is 1. The maximum atomic E-state index is 13.0. The zero-order chi connectivity index (χ0) is 9.84. The van der Waals surface area contributed by atoms with E-state index in [4.69, 9.17) is 4.74 Å². The number of methoxy groups -OCH3 is 1. The molecule has 1 aromatic carbocycles. The molecule has 0 aliphatic carbocycles. The van der Waals surface area contributed by atoms with Crippen molar-refractivity contribution in [3.8, 4) is 5.75 Å². The van der Waals surface area contributed by atoms with Crippen molar-refractivity contribution < 1.29 is 18.3 Å². The Balaban J connectivity index is 3.23. The second-order valence-electron chi connectivity index (χ2n) is 2.28. The molecule has 0 unspecified atom stereocenters. The summed E-state index contributed by atoms with van der Waals surface area (Å²) < 4.78 is 30.4. The van der Waals surface area contributed by atoms with Gasteiger partial charge in [0, 0.05) is 5.56 Å². The van der Waals surface area contributed by atoms with Crippen molar-refractivity contribution in [1.29, 1.82) is 0 Å². The average molecular weight is 185 g/mol. The van der Waals surface area contributed by atoms with Gasteiger partial charge in [-0.15, -0.1) is 0 Å². The summed E-state index contributed by atoms with van der Waals surface area (Å²) in [7, 11) is 1.31. The van der Waals surface area contributed by atoms with E-state index in [1.54, 1.807) is 0 Å². The molecule has 69 valence electrons. The number of hydrogen-bond donors (Lipinski definition) is 0. The molecule has 0 amide bonds. The molecule has 13 heavy (non-hydrogen) atoms. The van der Waals surface area contributed by atoms with Gasteiger partial charge in [0.2, 0.25) is 0 Å². The van der Waals surface area contributed by atoms with Gasteiger partial charge >= 0.3 is 0 Å². The zero-order valence-electron chi connectivity index (χ0n) is 6.88. The minimum atomic E-state index is -1.08. The summed E-state index contributed by atoms with van der Waals surface area (Å²) in [5.74, 6) is -1.95. The Hall–Kier alpha value is -1.45. The van der Waals surface area contributed by atoms with Crippen LogP contribution in [0.25, 0.3) is 0 Å². The minimum absolute atomic E-state index is 0.131. The molecule has 1 aromatic rings. The first-order valence-corrected chi connectivity index (χ1v) is 3.51. The summed E-state index contributed by atoms with van der Waals surface area (Å²) in [4.78, 5) is 10.1. The Morgan fingerprint density at radius 1 is 1.38 bits per heavy atom. The van der Waals surface area contributed by atoms with E-state index in [9.17, 15) is 13.6 Å². The van der Waals surface area contributed by atoms with Crippen LogP contribution in [0, 0.1) is 18.1 Å². The van der Waals surface area contributed by atoms with Crippen LogP contribution in [0.4, 0.5) is 8.78 Å². The molecule has 0 heterocycles. The van der Waals surface area contributed by atoms with E-state index < -0.39 is 11.6 Å². The van der Waals surface area contributed by atoms with Crippen LogP contribution in [0.1, 0.15) is 5.56 Å². The van der Waals surface area contributed by atoms with E-state index in [1.807, 2.05) is 0 Å². The summed E-state index contributed by atoms with van der Waals surface area (Å²) in [5.41, 5.74) is -0.169. The smallest absolute Gasteiger partial charge is 0.166 e. The molecule has 0 aromatic heterocycles. The van der Waals surface area contributed by atoms with Gasteiger partial charge in [-0.2, -0.15) is 0 Å². The molecule has 0 saturated heterocycles. The molecule has 1 radical (unpaired) electrons. The molecular formula is C9H7F2O2. The lowest BCUT2D eigenvalue weighted by molar-refractivity contribution is -0.105. The Labute approximate surface area is 74.1 Å². The Bertz CT molecular complexity index is 324. The van der Waals surface area contributed by atoms with Crippen LogP contribution < -0.4 is 4.74 Å². The highest BCUT2D eigenvalue weighted by Gasteiger charge is 2.13. The highest BCUT2D eigenvalue weighted by Crippen LogP contribution is 2.24. The summed E-state index contributed by atoms with van der Waals surface area (Å²) in [6.45, 7) is 0. The van der Waals surface area contributed by atoms with E-state index in [-0.39, 0.29) is 11.3 Å². The van der Waals surface area contributed by atoms with Crippen LogP contribution in [0.2, 0.25) is 0 Å². The lowest BCUT2D eigenvalue weighted by atomic mass is 10.1. The number of carbonyl (C=O) groups excluding carboxylic acids is 1. The first-order valence-electron chi connectivity index (χ1n) is 3.51. The van der Waals surface area contributed by atoms with Gasteiger partial charge in [-0.1, -0.05) is 0 Å². The maximum Gasteiger partial charge on any atom is 0.166 e. The van der Waals surface area contributed by atoms with Gasteiger partial charge in [0.05, 0.1) is 13.5 Å². The first kappa shape index (κ1) is 9.64. The Morgan fingerprint density at radius 3 is 2.62 bits per heavy atom. The second-order valence-corrected chi connectivity index (χ2v) is 2.28. The standard InChI is InChI=1S/C9H7F2O2/c1-13-8-3-2-7(10)9(11)6(8)4-5-12/h2-5H,1H3. The van der Waals surface area contributed by atoms with Crippen molar-refractivity contribution in [2.24, 2.45) is 0 Å². The highest BCUT2D eigenvalue weighted by atomic mass is 19.2. The zero-order valence-corrected chi connectivity index (χ0v) is 6.88. The molecule has 0 N–H and O–H groups in total. The van der Waals surface area contributed by atoms with E-state index in [0.29, 0.717) is 6.29 Å². The topological polar surface area (TPSA) is 26.3 Å². The van der Waals surface area contributed by atoms with E-state index >= 15 is 0 Å². The van der Waals surface area contributed by atoms with Crippen LogP contribution in [0.15, 0.2) is 12.1 Å². The fourth-order valence-corrected chi connectivity index (χ4v) is 0.950. The number of rotatable bonds is 3. The predicted molar refractivity (Wildman–Crippen MR) is 42.4 cm³/mol. The van der Waals surface area contributed by atoms with E-state index in [0.717, 1.165) is 12.5 Å². The van der Waals surface area contributed by atoms with Crippen molar-refractivity contribution in [3.05, 3.63) is 35.8 Å². The Kier molecular flexibility index (Phi) is 2.95. The monoisotopic (exact) mass is 185 g/mol. The molecule has 0 aliphatic rings. The van der Waals surface area contributed by atoms with Crippen LogP contribution in [0.3, 0.4) is 0 Å². The van der Waals surface area contributed by atoms with Gasteiger partial charge < -0.3 is 9.53 Å². The summed E-state index contributed by atoms with van der Waals surface area (Å²) in [6, 6.07) is 2.20. The summed E-state index contributed by atoms with van der Waals surface area (Å²) >= 11 is 0. The van der Waals surface area contributed by atoms with Crippen LogP contribution in [0.5, 0.6) is 5.75 Å². The van der Waals surface area contributed by atoms with Crippen molar-refractivity contribution >= 4 is 6.29 Å². The van der Waals surface area contributed by atoms with Gasteiger partial charge in [0.15, 0.2) is 11.6 Å². The molecule has 2 nitrogen and oxygen atoms in total. The third-order valence-corrected chi connectivity index (χ3v) is 1.55. The molecule has 0 aliphatic heterocycles. The molecule has 0 fully saturated rings. The molecule has 0 saturated carbocycles. The molecule has 0 spiro atoms. The summed E-state index contributed by atoms with van der Waals surface area (Å²) in [6.07, 6.45) is 1.29. The van der Waals surface area contributed by atoms with Crippen molar-refractivity contribution in [2.45, 2.75) is 0 Å². The van der Waals surface area contributed by atoms with Gasteiger partial charge in [-0.25, -0.2) is 8.78 Å². The third kappa shape index (κ3) is 1.83. The SMILES string of the molecule is COc1ccc(F)c(F)c1[CH]C=O. The number of benzene rings is 1. The second kappa shape index (κ2) is 3.98.